The molecule has 2 aliphatic rings. The molecule has 32 heavy (non-hydrogen) atoms. The Hall–Kier alpha value is -3.24. The van der Waals surface area contributed by atoms with Crippen LogP contribution in [0.25, 0.3) is 5.70 Å². The number of fused-ring (bicyclic) bond motifs is 1. The lowest BCUT2D eigenvalue weighted by atomic mass is 10.2. The molecule has 1 atom stereocenters. The van der Waals surface area contributed by atoms with Gasteiger partial charge < -0.3 is 15.0 Å². The summed E-state index contributed by atoms with van der Waals surface area (Å²) in [5.74, 6) is 0.0385. The van der Waals surface area contributed by atoms with E-state index in [1.165, 1.54) is 0 Å². The zero-order valence-electron chi connectivity index (χ0n) is 18.5. The summed E-state index contributed by atoms with van der Waals surface area (Å²) in [5, 5.41) is 9.90. The van der Waals surface area contributed by atoms with Gasteiger partial charge in [-0.05, 0) is 25.5 Å². The van der Waals surface area contributed by atoms with Crippen LogP contribution in [0, 0.1) is 0 Å². The van der Waals surface area contributed by atoms with Crippen LogP contribution in [0.2, 0.25) is 0 Å². The average Bonchev–Trinajstić information content (AvgIpc) is 3.34. The Labute approximate surface area is 187 Å². The van der Waals surface area contributed by atoms with E-state index in [-0.39, 0.29) is 18.0 Å². The summed E-state index contributed by atoms with van der Waals surface area (Å²) in [4.78, 5) is 35.8. The third-order valence-corrected chi connectivity index (χ3v) is 5.94. The molecule has 1 saturated heterocycles. The minimum atomic E-state index is -0.353. The number of amides is 3. The third-order valence-electron chi connectivity index (χ3n) is 5.94. The summed E-state index contributed by atoms with van der Waals surface area (Å²) >= 11 is 0. The van der Waals surface area contributed by atoms with E-state index >= 15 is 0 Å². The molecule has 10 heteroatoms. The fourth-order valence-electron chi connectivity index (χ4n) is 4.21. The molecule has 0 unspecified atom stereocenters. The lowest BCUT2D eigenvalue weighted by Gasteiger charge is -2.41. The first kappa shape index (κ1) is 22.0. The number of anilines is 1. The van der Waals surface area contributed by atoms with Crippen LogP contribution in [0.1, 0.15) is 35.1 Å². The summed E-state index contributed by atoms with van der Waals surface area (Å²) in [7, 11) is 1.71. The molecule has 4 rings (SSSR count). The van der Waals surface area contributed by atoms with E-state index in [1.807, 2.05) is 4.90 Å². The Bertz CT molecular complexity index is 991. The minimum Gasteiger partial charge on any atom is -0.385 e. The van der Waals surface area contributed by atoms with Crippen LogP contribution >= 0.6 is 0 Å². The highest BCUT2D eigenvalue weighted by molar-refractivity contribution is 6.03. The molecule has 170 valence electrons. The van der Waals surface area contributed by atoms with Crippen LogP contribution < -0.4 is 5.32 Å². The van der Waals surface area contributed by atoms with Crippen molar-refractivity contribution in [3.05, 3.63) is 47.9 Å². The molecule has 2 aliphatic heterocycles. The fraction of sp³-hybridized carbons (Fsp3) is 0.455. The summed E-state index contributed by atoms with van der Waals surface area (Å²) in [6.07, 6.45) is 2.54. The number of carbonyl (C=O) groups excluding carboxylic acids is 2. The van der Waals surface area contributed by atoms with Crippen LogP contribution in [-0.2, 0) is 11.3 Å². The highest BCUT2D eigenvalue weighted by atomic mass is 16.5. The fourth-order valence-corrected chi connectivity index (χ4v) is 4.21. The third kappa shape index (κ3) is 4.37. The standard InChI is InChI=1S/C22H29N7O3/c1-15-13-27(9-6-12-32-3)10-11-28(15)22(31)29-14-17-19(16(29)2)25-26-20(17)24-21(30)18-7-4-5-8-23-18/h4-5,7-8,15H,2,6,9-14H2,1,3H3,(H2,24,25,26,30)/t15-/m0/s1. The number of methoxy groups -OCH3 is 1. The number of pyridine rings is 1. The molecule has 0 radical (unpaired) electrons. The van der Waals surface area contributed by atoms with Crippen molar-refractivity contribution in [2.24, 2.45) is 0 Å². The van der Waals surface area contributed by atoms with Gasteiger partial charge in [-0.2, -0.15) is 5.10 Å². The lowest BCUT2D eigenvalue weighted by molar-refractivity contribution is 0.0829. The van der Waals surface area contributed by atoms with Crippen molar-refractivity contribution in [2.45, 2.75) is 25.9 Å². The first-order chi connectivity index (χ1) is 15.5. The van der Waals surface area contributed by atoms with Gasteiger partial charge in [-0.1, -0.05) is 12.6 Å². The van der Waals surface area contributed by atoms with Gasteiger partial charge in [-0.3, -0.25) is 24.7 Å². The number of urea groups is 1. The quantitative estimate of drug-likeness (QED) is 0.667. The van der Waals surface area contributed by atoms with Gasteiger partial charge in [0.25, 0.3) is 5.91 Å². The van der Waals surface area contributed by atoms with E-state index in [2.05, 4.69) is 38.9 Å². The smallest absolute Gasteiger partial charge is 0.325 e. The maximum atomic E-state index is 13.3. The molecule has 2 aromatic heterocycles. The predicted molar refractivity (Wildman–Crippen MR) is 120 cm³/mol. The Balaban J connectivity index is 1.40. The minimum absolute atomic E-state index is 0.0781. The van der Waals surface area contributed by atoms with Crippen LogP contribution in [-0.4, -0.2) is 87.8 Å². The van der Waals surface area contributed by atoms with Gasteiger partial charge >= 0.3 is 6.03 Å². The lowest BCUT2D eigenvalue weighted by Crippen LogP contribution is -2.56. The first-order valence-corrected chi connectivity index (χ1v) is 10.8. The molecule has 0 spiro atoms. The summed E-state index contributed by atoms with van der Waals surface area (Å²) in [6.45, 7) is 10.5. The Morgan fingerprint density at radius 3 is 2.91 bits per heavy atom. The first-order valence-electron chi connectivity index (χ1n) is 10.8. The number of H-pyrrole nitrogens is 1. The van der Waals surface area contributed by atoms with Crippen molar-refractivity contribution in [3.63, 3.8) is 0 Å². The Kier molecular flexibility index (Phi) is 6.52. The van der Waals surface area contributed by atoms with E-state index < -0.39 is 0 Å². The maximum Gasteiger partial charge on any atom is 0.325 e. The van der Waals surface area contributed by atoms with Crippen molar-refractivity contribution in [2.75, 3.05) is 45.2 Å². The maximum absolute atomic E-state index is 13.3. The summed E-state index contributed by atoms with van der Waals surface area (Å²) in [5.41, 5.74) is 2.27. The van der Waals surface area contributed by atoms with Crippen molar-refractivity contribution >= 4 is 23.5 Å². The predicted octanol–water partition coefficient (Wildman–Crippen LogP) is 2.01. The molecular weight excluding hydrogens is 410 g/mol. The zero-order chi connectivity index (χ0) is 22.7. The van der Waals surface area contributed by atoms with E-state index in [9.17, 15) is 9.59 Å². The molecular formula is C22H29N7O3. The van der Waals surface area contributed by atoms with Crippen molar-refractivity contribution in [3.8, 4) is 0 Å². The van der Waals surface area contributed by atoms with Crippen LogP contribution in [0.5, 0.6) is 0 Å². The van der Waals surface area contributed by atoms with Gasteiger partial charge in [-0.25, -0.2) is 4.79 Å². The number of hydrogen-bond donors (Lipinski definition) is 2. The van der Waals surface area contributed by atoms with Gasteiger partial charge in [0.05, 0.1) is 17.9 Å². The van der Waals surface area contributed by atoms with Crippen molar-refractivity contribution in [1.29, 1.82) is 0 Å². The number of ether oxygens (including phenoxy) is 1. The molecule has 3 amide bonds. The molecule has 2 aromatic rings. The van der Waals surface area contributed by atoms with Crippen LogP contribution in [0.4, 0.5) is 10.6 Å². The number of aromatic nitrogens is 3. The van der Waals surface area contributed by atoms with Crippen molar-refractivity contribution < 1.29 is 14.3 Å². The highest BCUT2D eigenvalue weighted by Crippen LogP contribution is 2.35. The van der Waals surface area contributed by atoms with E-state index in [1.54, 1.807) is 36.4 Å². The van der Waals surface area contributed by atoms with Crippen molar-refractivity contribution in [1.82, 2.24) is 29.9 Å². The van der Waals surface area contributed by atoms with Gasteiger partial charge in [0.2, 0.25) is 0 Å². The molecule has 2 N–H and O–H groups in total. The number of rotatable bonds is 6. The van der Waals surface area contributed by atoms with Gasteiger partial charge in [0.15, 0.2) is 5.82 Å². The second-order valence-electron chi connectivity index (χ2n) is 8.10. The molecule has 10 nitrogen and oxygen atoms in total. The molecule has 0 aromatic carbocycles. The molecule has 0 bridgehead atoms. The number of nitrogens with one attached hydrogen (secondary N) is 2. The van der Waals surface area contributed by atoms with Crippen LogP contribution in [0.15, 0.2) is 31.0 Å². The number of aromatic amines is 1. The topological polar surface area (TPSA) is 107 Å². The molecule has 1 fully saturated rings. The number of piperazine rings is 1. The number of nitrogens with zero attached hydrogens (tertiary/aromatic N) is 5. The second kappa shape index (κ2) is 9.49. The molecule has 4 heterocycles. The Morgan fingerprint density at radius 1 is 1.34 bits per heavy atom. The highest BCUT2D eigenvalue weighted by Gasteiger charge is 2.37. The average molecular weight is 440 g/mol. The monoisotopic (exact) mass is 439 g/mol. The molecule has 0 saturated carbocycles. The largest absolute Gasteiger partial charge is 0.385 e. The summed E-state index contributed by atoms with van der Waals surface area (Å²) in [6, 6.07) is 5.14. The Morgan fingerprint density at radius 2 is 2.19 bits per heavy atom. The normalized spacial score (nSPS) is 18.7. The van der Waals surface area contributed by atoms with E-state index in [0.29, 0.717) is 36.0 Å². The van der Waals surface area contributed by atoms with Gasteiger partial charge in [0.1, 0.15) is 5.69 Å². The SMILES string of the molecule is C=C1c2[nH]nc(NC(=O)c3ccccn3)c2CN1C(=O)N1CCN(CCCOC)C[C@@H]1C. The second-order valence-corrected chi connectivity index (χ2v) is 8.10. The van der Waals surface area contributed by atoms with E-state index in [4.69, 9.17) is 4.74 Å². The van der Waals surface area contributed by atoms with Crippen LogP contribution in [0.3, 0.4) is 0 Å². The zero-order valence-corrected chi connectivity index (χ0v) is 18.5. The number of carbonyl (C=O) groups is 2. The van der Waals surface area contributed by atoms with E-state index in [0.717, 1.165) is 38.2 Å². The summed E-state index contributed by atoms with van der Waals surface area (Å²) < 4.78 is 5.13. The number of hydrogen-bond acceptors (Lipinski definition) is 6. The van der Waals surface area contributed by atoms with Gasteiger partial charge in [-0.15, -0.1) is 0 Å². The molecule has 0 aliphatic carbocycles. The van der Waals surface area contributed by atoms with Gasteiger partial charge in [0, 0.05) is 57.7 Å².